The molecule has 1 aromatic rings. The lowest BCUT2D eigenvalue weighted by atomic mass is 9.88. The van der Waals surface area contributed by atoms with Crippen LogP contribution in [-0.2, 0) is 0 Å². The van der Waals surface area contributed by atoms with Gasteiger partial charge in [0.25, 0.3) is 0 Å². The second kappa shape index (κ2) is 5.92. The molecule has 1 heteroatoms. The van der Waals surface area contributed by atoms with Crippen LogP contribution in [0.15, 0.2) is 24.3 Å². The number of aliphatic hydroxyl groups is 1. The fourth-order valence-electron chi connectivity index (χ4n) is 2.04. The van der Waals surface area contributed by atoms with E-state index in [1.165, 1.54) is 11.1 Å². The van der Waals surface area contributed by atoms with Gasteiger partial charge in [0.15, 0.2) is 0 Å². The van der Waals surface area contributed by atoms with Gasteiger partial charge < -0.3 is 5.11 Å². The SMILES string of the molecule is CCCC(O)C(CC)c1ccc(C)cc1. The van der Waals surface area contributed by atoms with Gasteiger partial charge in [-0.2, -0.15) is 0 Å². The minimum atomic E-state index is -0.192. The molecule has 0 bridgehead atoms. The molecule has 0 heterocycles. The molecule has 2 atom stereocenters. The Labute approximate surface area is 93.1 Å². The minimum absolute atomic E-state index is 0.192. The molecule has 0 radical (unpaired) electrons. The van der Waals surface area contributed by atoms with Gasteiger partial charge in [-0.1, -0.05) is 50.1 Å². The van der Waals surface area contributed by atoms with Crippen molar-refractivity contribution in [3.63, 3.8) is 0 Å². The number of hydrogen-bond donors (Lipinski definition) is 1. The Bertz CT molecular complexity index is 276. The third-order valence-electron chi connectivity index (χ3n) is 2.99. The van der Waals surface area contributed by atoms with E-state index in [1.807, 2.05) is 0 Å². The van der Waals surface area contributed by atoms with Gasteiger partial charge in [0.1, 0.15) is 0 Å². The maximum atomic E-state index is 10.0. The predicted molar refractivity (Wildman–Crippen MR) is 65.1 cm³/mol. The largest absolute Gasteiger partial charge is 0.392 e. The first-order valence-corrected chi connectivity index (χ1v) is 5.93. The molecule has 1 rings (SSSR count). The summed E-state index contributed by atoms with van der Waals surface area (Å²) in [4.78, 5) is 0. The number of aryl methyl sites for hydroxylation is 1. The molecule has 0 aliphatic rings. The molecule has 0 aliphatic heterocycles. The van der Waals surface area contributed by atoms with E-state index in [4.69, 9.17) is 0 Å². The van der Waals surface area contributed by atoms with Crippen LogP contribution in [0.25, 0.3) is 0 Å². The van der Waals surface area contributed by atoms with E-state index in [0.29, 0.717) is 5.92 Å². The fourth-order valence-corrected chi connectivity index (χ4v) is 2.04. The number of aliphatic hydroxyl groups excluding tert-OH is 1. The maximum absolute atomic E-state index is 10.0. The Kier molecular flexibility index (Phi) is 4.83. The molecule has 0 fully saturated rings. The van der Waals surface area contributed by atoms with Gasteiger partial charge in [0.05, 0.1) is 6.10 Å². The zero-order chi connectivity index (χ0) is 11.3. The zero-order valence-corrected chi connectivity index (χ0v) is 10.0. The molecule has 0 amide bonds. The molecule has 2 unspecified atom stereocenters. The number of hydrogen-bond acceptors (Lipinski definition) is 1. The zero-order valence-electron chi connectivity index (χ0n) is 10.0. The highest BCUT2D eigenvalue weighted by molar-refractivity contribution is 5.25. The second-order valence-electron chi connectivity index (χ2n) is 4.28. The first kappa shape index (κ1) is 12.3. The van der Waals surface area contributed by atoms with Crippen LogP contribution in [0.4, 0.5) is 0 Å². The Balaban J connectivity index is 2.77. The summed E-state index contributed by atoms with van der Waals surface area (Å²) in [6.45, 7) is 6.35. The van der Waals surface area contributed by atoms with E-state index in [9.17, 15) is 5.11 Å². The molecule has 0 saturated heterocycles. The first-order chi connectivity index (χ1) is 7.19. The Hall–Kier alpha value is -0.820. The van der Waals surface area contributed by atoms with Gasteiger partial charge in [0.2, 0.25) is 0 Å². The van der Waals surface area contributed by atoms with Crippen LogP contribution in [0.2, 0.25) is 0 Å². The average Bonchev–Trinajstić information content (AvgIpc) is 2.22. The summed E-state index contributed by atoms with van der Waals surface area (Å²) in [5, 5.41) is 10.0. The summed E-state index contributed by atoms with van der Waals surface area (Å²) in [5.41, 5.74) is 2.54. The van der Waals surface area contributed by atoms with E-state index in [1.54, 1.807) is 0 Å². The molecule has 1 N–H and O–H groups in total. The van der Waals surface area contributed by atoms with Crippen molar-refractivity contribution in [2.75, 3.05) is 0 Å². The molecule has 0 spiro atoms. The minimum Gasteiger partial charge on any atom is -0.392 e. The number of benzene rings is 1. The lowest BCUT2D eigenvalue weighted by Crippen LogP contribution is -2.17. The van der Waals surface area contributed by atoms with Crippen molar-refractivity contribution in [2.45, 2.75) is 52.1 Å². The molecule has 1 aromatic carbocycles. The van der Waals surface area contributed by atoms with Crippen LogP contribution in [0.3, 0.4) is 0 Å². The topological polar surface area (TPSA) is 20.2 Å². The van der Waals surface area contributed by atoms with Crippen LogP contribution >= 0.6 is 0 Å². The average molecular weight is 206 g/mol. The van der Waals surface area contributed by atoms with Crippen molar-refractivity contribution >= 4 is 0 Å². The molecule has 1 nitrogen and oxygen atoms in total. The van der Waals surface area contributed by atoms with Crippen molar-refractivity contribution in [1.29, 1.82) is 0 Å². The van der Waals surface area contributed by atoms with Gasteiger partial charge in [-0.05, 0) is 25.3 Å². The third kappa shape index (κ3) is 3.35. The normalized spacial score (nSPS) is 14.9. The summed E-state index contributed by atoms with van der Waals surface area (Å²) in [5.74, 6) is 0.297. The monoisotopic (exact) mass is 206 g/mol. The highest BCUT2D eigenvalue weighted by atomic mass is 16.3. The van der Waals surface area contributed by atoms with E-state index in [-0.39, 0.29) is 6.10 Å². The maximum Gasteiger partial charge on any atom is 0.0608 e. The van der Waals surface area contributed by atoms with Crippen LogP contribution < -0.4 is 0 Å². The molecule has 0 saturated carbocycles. The molecule has 15 heavy (non-hydrogen) atoms. The molecular formula is C14H22O. The smallest absolute Gasteiger partial charge is 0.0608 e. The van der Waals surface area contributed by atoms with E-state index in [0.717, 1.165) is 19.3 Å². The van der Waals surface area contributed by atoms with Crippen molar-refractivity contribution in [1.82, 2.24) is 0 Å². The molecular weight excluding hydrogens is 184 g/mol. The summed E-state index contributed by atoms with van der Waals surface area (Å²) >= 11 is 0. The van der Waals surface area contributed by atoms with Crippen LogP contribution in [-0.4, -0.2) is 11.2 Å². The first-order valence-electron chi connectivity index (χ1n) is 5.93. The lowest BCUT2D eigenvalue weighted by molar-refractivity contribution is 0.130. The van der Waals surface area contributed by atoms with Gasteiger partial charge >= 0.3 is 0 Å². The fraction of sp³-hybridized carbons (Fsp3) is 0.571. The van der Waals surface area contributed by atoms with Crippen molar-refractivity contribution in [2.24, 2.45) is 0 Å². The van der Waals surface area contributed by atoms with Crippen LogP contribution in [0.5, 0.6) is 0 Å². The lowest BCUT2D eigenvalue weighted by Gasteiger charge is -2.21. The second-order valence-corrected chi connectivity index (χ2v) is 4.28. The highest BCUT2D eigenvalue weighted by Gasteiger charge is 2.17. The van der Waals surface area contributed by atoms with Gasteiger partial charge in [0, 0.05) is 5.92 Å². The summed E-state index contributed by atoms with van der Waals surface area (Å²) in [6, 6.07) is 8.53. The molecule has 0 aromatic heterocycles. The molecule has 0 aliphatic carbocycles. The summed E-state index contributed by atoms with van der Waals surface area (Å²) in [7, 11) is 0. The summed E-state index contributed by atoms with van der Waals surface area (Å²) in [6.07, 6.45) is 2.75. The van der Waals surface area contributed by atoms with E-state index < -0.39 is 0 Å². The van der Waals surface area contributed by atoms with E-state index in [2.05, 4.69) is 45.0 Å². The Morgan fingerprint density at radius 3 is 2.20 bits per heavy atom. The van der Waals surface area contributed by atoms with Gasteiger partial charge in [-0.3, -0.25) is 0 Å². The van der Waals surface area contributed by atoms with Gasteiger partial charge in [-0.25, -0.2) is 0 Å². The Morgan fingerprint density at radius 2 is 1.73 bits per heavy atom. The van der Waals surface area contributed by atoms with Crippen molar-refractivity contribution < 1.29 is 5.11 Å². The summed E-state index contributed by atoms with van der Waals surface area (Å²) < 4.78 is 0. The van der Waals surface area contributed by atoms with Gasteiger partial charge in [-0.15, -0.1) is 0 Å². The predicted octanol–water partition coefficient (Wildman–Crippen LogP) is 3.65. The van der Waals surface area contributed by atoms with Crippen molar-refractivity contribution in [3.05, 3.63) is 35.4 Å². The third-order valence-corrected chi connectivity index (χ3v) is 2.99. The highest BCUT2D eigenvalue weighted by Crippen LogP contribution is 2.26. The van der Waals surface area contributed by atoms with E-state index >= 15 is 0 Å². The van der Waals surface area contributed by atoms with Crippen LogP contribution in [0, 0.1) is 6.92 Å². The van der Waals surface area contributed by atoms with Crippen molar-refractivity contribution in [3.8, 4) is 0 Å². The quantitative estimate of drug-likeness (QED) is 0.779. The molecule has 84 valence electrons. The van der Waals surface area contributed by atoms with Crippen LogP contribution in [0.1, 0.15) is 50.2 Å². The Morgan fingerprint density at radius 1 is 1.13 bits per heavy atom. The number of rotatable bonds is 5. The standard InChI is InChI=1S/C14H22O/c1-4-6-14(15)13(5-2)12-9-7-11(3)8-10-12/h7-10,13-15H,4-6H2,1-3H3.